The second-order valence-electron chi connectivity index (χ2n) is 3.36. The fraction of sp³-hybridized carbons (Fsp3) is 0.455. The Morgan fingerprint density at radius 2 is 2.00 bits per heavy atom. The van der Waals surface area contributed by atoms with Crippen molar-refractivity contribution in [1.82, 2.24) is 0 Å². The number of hydrogen-bond donors (Lipinski definition) is 1. The Kier molecular flexibility index (Phi) is 4.25. The first-order chi connectivity index (χ1) is 7.10. The highest BCUT2D eigenvalue weighted by atomic mass is 31.1. The molecule has 0 aliphatic carbocycles. The van der Waals surface area contributed by atoms with Crippen molar-refractivity contribution in [3.05, 3.63) is 28.8 Å². The summed E-state index contributed by atoms with van der Waals surface area (Å²) in [4.78, 5) is 8.73. The van der Waals surface area contributed by atoms with Crippen molar-refractivity contribution in [3.63, 3.8) is 0 Å². The monoisotopic (exact) mass is 227 g/mol. The molecular weight excluding hydrogens is 211 g/mol. The first-order valence-corrected chi connectivity index (χ1v) is 6.18. The number of benzene rings is 1. The number of aryl methyl sites for hydroxylation is 1. The Hall–Kier alpha value is -0.920. The van der Waals surface area contributed by atoms with E-state index in [0.29, 0.717) is 5.75 Å². The molecule has 15 heavy (non-hydrogen) atoms. The number of hydrogen-bond acceptors (Lipinski definition) is 2. The van der Waals surface area contributed by atoms with E-state index < -0.39 is 8.25 Å². The van der Waals surface area contributed by atoms with Crippen LogP contribution in [0.25, 0.3) is 0 Å². The smallest absolute Gasteiger partial charge is 0.229 e. The Balaban J connectivity index is 3.18. The van der Waals surface area contributed by atoms with Crippen LogP contribution >= 0.6 is 8.25 Å². The van der Waals surface area contributed by atoms with E-state index in [1.54, 1.807) is 6.07 Å². The van der Waals surface area contributed by atoms with Gasteiger partial charge in [0.1, 0.15) is 0 Å². The predicted molar refractivity (Wildman–Crippen MR) is 60.4 cm³/mol. The largest absolute Gasteiger partial charge is 0.747 e. The molecule has 0 saturated heterocycles. The lowest BCUT2D eigenvalue weighted by molar-refractivity contribution is 0.408. The van der Waals surface area contributed by atoms with Crippen LogP contribution < -0.4 is 4.52 Å². The summed E-state index contributed by atoms with van der Waals surface area (Å²) in [5.74, 6) is 0.524. The van der Waals surface area contributed by atoms with E-state index in [0.717, 1.165) is 24.0 Å². The minimum Gasteiger partial charge on any atom is -0.229 e. The Labute approximate surface area is 91.0 Å². The molecule has 0 saturated carbocycles. The van der Waals surface area contributed by atoms with E-state index in [1.807, 2.05) is 19.9 Å². The van der Waals surface area contributed by atoms with Gasteiger partial charge in [0, 0.05) is 10.1 Å². The van der Waals surface area contributed by atoms with Crippen LogP contribution in [0, 0.1) is 6.92 Å². The lowest BCUT2D eigenvalue weighted by Gasteiger charge is -2.09. The van der Waals surface area contributed by atoms with Crippen LogP contribution in [-0.4, -0.2) is 4.89 Å². The lowest BCUT2D eigenvalue weighted by Crippen LogP contribution is -1.96. The molecule has 0 aliphatic rings. The molecule has 1 rings (SSSR count). The highest BCUT2D eigenvalue weighted by Gasteiger charge is 2.19. The molecule has 3 nitrogen and oxygen atoms in total. The van der Waals surface area contributed by atoms with Crippen LogP contribution in [0.5, 0.6) is 5.75 Å². The normalized spacial score (nSPS) is 11.3. The van der Waals surface area contributed by atoms with E-state index in [2.05, 4.69) is 6.92 Å². The van der Waals surface area contributed by atoms with E-state index in [9.17, 15) is 4.57 Å². The second kappa shape index (κ2) is 5.24. The van der Waals surface area contributed by atoms with Crippen LogP contribution in [0.15, 0.2) is 12.1 Å². The molecule has 1 atom stereocenters. The fourth-order valence-electron chi connectivity index (χ4n) is 1.77. The van der Waals surface area contributed by atoms with E-state index >= 15 is 0 Å². The summed E-state index contributed by atoms with van der Waals surface area (Å²) in [7, 11) is -2.57. The molecule has 0 aromatic heterocycles. The molecule has 1 unspecified atom stereocenters. The number of rotatable bonds is 4. The van der Waals surface area contributed by atoms with Gasteiger partial charge in [-0.15, -0.1) is 4.89 Å². The SMILES string of the molecule is CCc1ccc(O[P+](=O)O)c(CC)c1C. The van der Waals surface area contributed by atoms with Gasteiger partial charge in [0.15, 0.2) is 5.75 Å². The topological polar surface area (TPSA) is 46.5 Å². The van der Waals surface area contributed by atoms with Gasteiger partial charge in [-0.25, -0.2) is 4.52 Å². The standard InChI is InChI=1S/C11H15O3P/c1-4-9-6-7-11(14-15(12)13)10(5-2)8(9)3/h6-7H,4-5H2,1-3H3/p+1. The van der Waals surface area contributed by atoms with Gasteiger partial charge in [0.05, 0.1) is 0 Å². The molecule has 0 spiro atoms. The van der Waals surface area contributed by atoms with Crippen LogP contribution in [-0.2, 0) is 17.4 Å². The first-order valence-electron chi connectivity index (χ1n) is 5.05. The third-order valence-corrected chi connectivity index (χ3v) is 2.93. The lowest BCUT2D eigenvalue weighted by atomic mass is 9.98. The zero-order valence-electron chi connectivity index (χ0n) is 9.28. The fourth-order valence-corrected chi connectivity index (χ4v) is 2.11. The molecule has 4 heteroatoms. The maximum absolute atomic E-state index is 10.6. The van der Waals surface area contributed by atoms with Crippen molar-refractivity contribution < 1.29 is 14.0 Å². The van der Waals surface area contributed by atoms with Crippen molar-refractivity contribution in [1.29, 1.82) is 0 Å². The van der Waals surface area contributed by atoms with E-state index in [1.165, 1.54) is 5.56 Å². The summed E-state index contributed by atoms with van der Waals surface area (Å²) in [6, 6.07) is 3.72. The van der Waals surface area contributed by atoms with Gasteiger partial charge in [0.25, 0.3) is 0 Å². The first kappa shape index (κ1) is 12.2. The third-order valence-electron chi connectivity index (χ3n) is 2.58. The van der Waals surface area contributed by atoms with Gasteiger partial charge < -0.3 is 0 Å². The summed E-state index contributed by atoms with van der Waals surface area (Å²) in [5, 5.41) is 0. The van der Waals surface area contributed by atoms with Gasteiger partial charge in [-0.2, -0.15) is 0 Å². The van der Waals surface area contributed by atoms with Crippen molar-refractivity contribution in [3.8, 4) is 5.75 Å². The molecule has 0 heterocycles. The minimum absolute atomic E-state index is 0.524. The highest BCUT2D eigenvalue weighted by Crippen LogP contribution is 2.31. The molecule has 0 aliphatic heterocycles. The van der Waals surface area contributed by atoms with Crippen LogP contribution in [0.3, 0.4) is 0 Å². The Morgan fingerprint density at radius 3 is 2.47 bits per heavy atom. The maximum atomic E-state index is 10.6. The predicted octanol–water partition coefficient (Wildman–Crippen LogP) is 3.15. The molecule has 0 amide bonds. The van der Waals surface area contributed by atoms with Gasteiger partial charge >= 0.3 is 8.25 Å². The zero-order chi connectivity index (χ0) is 11.4. The molecule has 0 fully saturated rings. The van der Waals surface area contributed by atoms with E-state index in [4.69, 9.17) is 9.42 Å². The third kappa shape index (κ3) is 2.77. The molecule has 1 aromatic carbocycles. The summed E-state index contributed by atoms with van der Waals surface area (Å²) >= 11 is 0. The summed E-state index contributed by atoms with van der Waals surface area (Å²) < 4.78 is 15.5. The van der Waals surface area contributed by atoms with Crippen LogP contribution in [0.1, 0.15) is 30.5 Å². The molecular formula is C11H16O3P+. The maximum Gasteiger partial charge on any atom is 0.747 e. The van der Waals surface area contributed by atoms with E-state index in [-0.39, 0.29) is 0 Å². The molecule has 82 valence electrons. The molecule has 0 bridgehead atoms. The summed E-state index contributed by atoms with van der Waals surface area (Å²) in [6.07, 6.45) is 1.77. The summed E-state index contributed by atoms with van der Waals surface area (Å²) in [6.45, 7) is 6.13. The van der Waals surface area contributed by atoms with Gasteiger partial charge in [-0.3, -0.25) is 0 Å². The van der Waals surface area contributed by atoms with Crippen LogP contribution in [0.2, 0.25) is 0 Å². The zero-order valence-corrected chi connectivity index (χ0v) is 10.2. The summed E-state index contributed by atoms with van der Waals surface area (Å²) in [5.41, 5.74) is 3.44. The van der Waals surface area contributed by atoms with Gasteiger partial charge in [0.2, 0.25) is 0 Å². The molecule has 0 radical (unpaired) electrons. The van der Waals surface area contributed by atoms with Crippen molar-refractivity contribution in [2.24, 2.45) is 0 Å². The average molecular weight is 227 g/mol. The quantitative estimate of drug-likeness (QED) is 0.803. The van der Waals surface area contributed by atoms with Gasteiger partial charge in [-0.1, -0.05) is 19.9 Å². The average Bonchev–Trinajstić information content (AvgIpc) is 2.18. The van der Waals surface area contributed by atoms with Gasteiger partial charge in [-0.05, 0) is 37.0 Å². The van der Waals surface area contributed by atoms with Crippen molar-refractivity contribution in [2.45, 2.75) is 33.6 Å². The van der Waals surface area contributed by atoms with Crippen molar-refractivity contribution in [2.75, 3.05) is 0 Å². The van der Waals surface area contributed by atoms with Crippen LogP contribution in [0.4, 0.5) is 0 Å². The van der Waals surface area contributed by atoms with Crippen molar-refractivity contribution >= 4 is 8.25 Å². The molecule has 1 N–H and O–H groups in total. The minimum atomic E-state index is -2.57. The second-order valence-corrected chi connectivity index (χ2v) is 4.02. The Bertz CT molecular complexity index is 374. The Morgan fingerprint density at radius 1 is 1.33 bits per heavy atom. The highest BCUT2D eigenvalue weighted by molar-refractivity contribution is 7.32. The molecule has 1 aromatic rings.